The first-order chi connectivity index (χ1) is 13.8. The number of hydrogen-bond donors (Lipinski definition) is 2. The number of halogens is 1. The molecule has 3 rings (SSSR count). The minimum Gasteiger partial charge on any atom is -0.496 e. The van der Waals surface area contributed by atoms with Crippen molar-refractivity contribution in [2.75, 3.05) is 12.4 Å². The van der Waals surface area contributed by atoms with Crippen molar-refractivity contribution in [1.29, 1.82) is 0 Å². The molecule has 1 aliphatic heterocycles. The summed E-state index contributed by atoms with van der Waals surface area (Å²) >= 11 is 0. The van der Waals surface area contributed by atoms with Gasteiger partial charge in [-0.1, -0.05) is 6.07 Å². The SMILES string of the molecule is CC(O)Cc1cc(NC(=O)C2CCC(C)O2)ccn1.COc1cccc(F)c1C. The predicted octanol–water partition coefficient (Wildman–Crippen LogP) is 3.65. The lowest BCUT2D eigenvalue weighted by Gasteiger charge is -2.12. The third-order valence-corrected chi connectivity index (χ3v) is 4.55. The van der Waals surface area contributed by atoms with Crippen LogP contribution in [0.2, 0.25) is 0 Å². The molecule has 0 spiro atoms. The van der Waals surface area contributed by atoms with Gasteiger partial charge >= 0.3 is 0 Å². The lowest BCUT2D eigenvalue weighted by molar-refractivity contribution is -0.126. The second-order valence-electron chi connectivity index (χ2n) is 7.16. The van der Waals surface area contributed by atoms with E-state index in [1.165, 1.54) is 13.2 Å². The highest BCUT2D eigenvalue weighted by molar-refractivity contribution is 5.94. The fourth-order valence-corrected chi connectivity index (χ4v) is 3.00. The molecule has 1 aliphatic rings. The third-order valence-electron chi connectivity index (χ3n) is 4.55. The molecule has 158 valence electrons. The summed E-state index contributed by atoms with van der Waals surface area (Å²) in [6, 6.07) is 8.29. The van der Waals surface area contributed by atoms with E-state index in [9.17, 15) is 14.3 Å². The fraction of sp³-hybridized carbons (Fsp3) is 0.455. The largest absolute Gasteiger partial charge is 0.496 e. The number of aliphatic hydroxyl groups is 1. The second-order valence-corrected chi connectivity index (χ2v) is 7.16. The van der Waals surface area contributed by atoms with Crippen molar-refractivity contribution >= 4 is 11.6 Å². The Morgan fingerprint density at radius 2 is 2.17 bits per heavy atom. The maximum atomic E-state index is 12.7. The standard InChI is InChI=1S/C14H20N2O3.C8H9FO/c1-9(17)7-12-8-11(5-6-15-12)16-14(18)13-4-3-10(2)19-13;1-6-7(9)4-3-5-8(6)10-2/h5-6,8-10,13,17H,3-4,7H2,1-2H3,(H,15,16,18);3-5H,1-2H3. The van der Waals surface area contributed by atoms with Gasteiger partial charge in [0.1, 0.15) is 17.7 Å². The molecule has 0 saturated carbocycles. The molecule has 3 atom stereocenters. The average molecular weight is 404 g/mol. The van der Waals surface area contributed by atoms with Crippen molar-refractivity contribution in [1.82, 2.24) is 4.98 Å². The summed E-state index contributed by atoms with van der Waals surface area (Å²) in [5.41, 5.74) is 2.01. The van der Waals surface area contributed by atoms with Crippen LogP contribution in [-0.4, -0.2) is 41.4 Å². The van der Waals surface area contributed by atoms with Gasteiger partial charge in [0.15, 0.2) is 0 Å². The first kappa shape index (κ1) is 22.8. The molecular weight excluding hydrogens is 375 g/mol. The first-order valence-corrected chi connectivity index (χ1v) is 9.68. The molecule has 1 amide bonds. The van der Waals surface area contributed by atoms with Gasteiger partial charge in [-0.2, -0.15) is 0 Å². The number of aromatic nitrogens is 1. The average Bonchev–Trinajstić information content (AvgIpc) is 3.11. The van der Waals surface area contributed by atoms with E-state index in [1.807, 2.05) is 6.92 Å². The Hall–Kier alpha value is -2.51. The normalized spacial score (nSPS) is 19.1. The molecule has 0 bridgehead atoms. The molecule has 3 unspecified atom stereocenters. The number of nitrogens with one attached hydrogen (secondary N) is 1. The van der Waals surface area contributed by atoms with Crippen LogP contribution < -0.4 is 10.1 Å². The van der Waals surface area contributed by atoms with Gasteiger partial charge in [-0.25, -0.2) is 4.39 Å². The Labute approximate surface area is 171 Å². The second kappa shape index (κ2) is 10.9. The van der Waals surface area contributed by atoms with E-state index in [0.29, 0.717) is 23.4 Å². The number of methoxy groups -OCH3 is 1. The Morgan fingerprint density at radius 1 is 1.41 bits per heavy atom. The van der Waals surface area contributed by atoms with Gasteiger partial charge in [-0.3, -0.25) is 9.78 Å². The number of aliphatic hydroxyl groups excluding tert-OH is 1. The Morgan fingerprint density at radius 3 is 2.76 bits per heavy atom. The minimum absolute atomic E-state index is 0.112. The van der Waals surface area contributed by atoms with Crippen LogP contribution in [0.15, 0.2) is 36.5 Å². The number of benzene rings is 1. The van der Waals surface area contributed by atoms with E-state index < -0.39 is 6.10 Å². The number of anilines is 1. The Kier molecular flexibility index (Phi) is 8.54. The number of pyridine rings is 1. The van der Waals surface area contributed by atoms with Crippen molar-refractivity contribution in [3.05, 3.63) is 53.6 Å². The summed E-state index contributed by atoms with van der Waals surface area (Å²) < 4.78 is 23.1. The van der Waals surface area contributed by atoms with Crippen LogP contribution in [0.25, 0.3) is 0 Å². The number of rotatable bonds is 5. The van der Waals surface area contributed by atoms with E-state index in [2.05, 4.69) is 10.3 Å². The van der Waals surface area contributed by atoms with Crippen LogP contribution in [0, 0.1) is 12.7 Å². The zero-order valence-electron chi connectivity index (χ0n) is 17.3. The maximum absolute atomic E-state index is 12.7. The summed E-state index contributed by atoms with van der Waals surface area (Å²) in [5, 5.41) is 12.2. The van der Waals surface area contributed by atoms with Crippen LogP contribution in [0.5, 0.6) is 5.75 Å². The molecule has 2 aromatic rings. The quantitative estimate of drug-likeness (QED) is 0.795. The molecule has 0 radical (unpaired) electrons. The Bertz CT molecular complexity index is 813. The van der Waals surface area contributed by atoms with E-state index in [0.717, 1.165) is 18.5 Å². The summed E-state index contributed by atoms with van der Waals surface area (Å²) in [6.45, 7) is 5.37. The van der Waals surface area contributed by atoms with Gasteiger partial charge in [-0.15, -0.1) is 0 Å². The zero-order chi connectivity index (χ0) is 21.4. The smallest absolute Gasteiger partial charge is 0.253 e. The Balaban J connectivity index is 0.000000253. The molecular formula is C22H29FN2O4. The molecule has 2 N–H and O–H groups in total. The molecule has 1 aromatic carbocycles. The monoisotopic (exact) mass is 404 g/mol. The van der Waals surface area contributed by atoms with E-state index in [1.54, 1.807) is 44.3 Å². The highest BCUT2D eigenvalue weighted by atomic mass is 19.1. The number of nitrogens with zero attached hydrogens (tertiary/aromatic N) is 1. The van der Waals surface area contributed by atoms with Gasteiger partial charge in [0.2, 0.25) is 0 Å². The molecule has 6 nitrogen and oxygen atoms in total. The molecule has 7 heteroatoms. The minimum atomic E-state index is -0.447. The molecule has 2 heterocycles. The summed E-state index contributed by atoms with van der Waals surface area (Å²) in [6.07, 6.45) is 3.13. The number of amides is 1. The lowest BCUT2D eigenvalue weighted by Crippen LogP contribution is -2.27. The van der Waals surface area contributed by atoms with Crippen molar-refractivity contribution < 1.29 is 23.8 Å². The van der Waals surface area contributed by atoms with Gasteiger partial charge in [0.25, 0.3) is 5.91 Å². The molecule has 1 fully saturated rings. The third kappa shape index (κ3) is 7.11. The van der Waals surface area contributed by atoms with Crippen molar-refractivity contribution in [3.8, 4) is 5.75 Å². The van der Waals surface area contributed by atoms with E-state index >= 15 is 0 Å². The van der Waals surface area contributed by atoms with Crippen LogP contribution in [0.3, 0.4) is 0 Å². The maximum Gasteiger partial charge on any atom is 0.253 e. The first-order valence-electron chi connectivity index (χ1n) is 9.68. The molecule has 1 saturated heterocycles. The van der Waals surface area contributed by atoms with E-state index in [4.69, 9.17) is 9.47 Å². The lowest BCUT2D eigenvalue weighted by atomic mass is 10.2. The van der Waals surface area contributed by atoms with Gasteiger partial charge in [-0.05, 0) is 57.9 Å². The van der Waals surface area contributed by atoms with Gasteiger partial charge < -0.3 is 19.9 Å². The van der Waals surface area contributed by atoms with E-state index in [-0.39, 0.29) is 23.9 Å². The van der Waals surface area contributed by atoms with Crippen LogP contribution >= 0.6 is 0 Å². The number of ether oxygens (including phenoxy) is 2. The highest BCUT2D eigenvalue weighted by Gasteiger charge is 2.28. The molecule has 29 heavy (non-hydrogen) atoms. The van der Waals surface area contributed by atoms with Gasteiger partial charge in [0.05, 0.1) is 19.3 Å². The zero-order valence-corrected chi connectivity index (χ0v) is 17.3. The molecule has 1 aromatic heterocycles. The number of hydrogen-bond acceptors (Lipinski definition) is 5. The summed E-state index contributed by atoms with van der Waals surface area (Å²) in [7, 11) is 1.53. The van der Waals surface area contributed by atoms with Crippen LogP contribution in [0.4, 0.5) is 10.1 Å². The topological polar surface area (TPSA) is 80.7 Å². The molecule has 0 aliphatic carbocycles. The fourth-order valence-electron chi connectivity index (χ4n) is 3.00. The summed E-state index contributed by atoms with van der Waals surface area (Å²) in [4.78, 5) is 16.1. The van der Waals surface area contributed by atoms with Crippen LogP contribution in [-0.2, 0) is 16.0 Å². The van der Waals surface area contributed by atoms with Crippen molar-refractivity contribution in [2.45, 2.75) is 58.3 Å². The predicted molar refractivity (Wildman–Crippen MR) is 110 cm³/mol. The van der Waals surface area contributed by atoms with Crippen molar-refractivity contribution in [2.24, 2.45) is 0 Å². The number of carbonyl (C=O) groups excluding carboxylic acids is 1. The van der Waals surface area contributed by atoms with Crippen LogP contribution in [0.1, 0.15) is 37.9 Å². The summed E-state index contributed by atoms with van der Waals surface area (Å²) in [5.74, 6) is 0.262. The highest BCUT2D eigenvalue weighted by Crippen LogP contribution is 2.21. The van der Waals surface area contributed by atoms with Gasteiger partial charge in [0, 0.05) is 29.6 Å². The number of carbonyl (C=O) groups is 1. The van der Waals surface area contributed by atoms with Crippen molar-refractivity contribution in [3.63, 3.8) is 0 Å².